The number of amides is 1. The number of piperazine rings is 1. The lowest BCUT2D eigenvalue weighted by Crippen LogP contribution is -2.49. The van der Waals surface area contributed by atoms with Crippen molar-refractivity contribution < 1.29 is 4.79 Å². The molecular formula is C22H23ClN4O2S. The molecule has 1 aromatic heterocycles. The van der Waals surface area contributed by atoms with Crippen LogP contribution in [0.3, 0.4) is 0 Å². The van der Waals surface area contributed by atoms with E-state index in [1.165, 1.54) is 11.8 Å². The Kier molecular flexibility index (Phi) is 6.29. The number of rotatable bonds is 5. The van der Waals surface area contributed by atoms with E-state index in [-0.39, 0.29) is 17.2 Å². The molecule has 2 heterocycles. The van der Waals surface area contributed by atoms with Gasteiger partial charge in [0.25, 0.3) is 5.56 Å². The fourth-order valence-electron chi connectivity index (χ4n) is 3.66. The number of hydrogen-bond donors (Lipinski definition) is 0. The van der Waals surface area contributed by atoms with E-state index in [0.717, 1.165) is 29.8 Å². The SMILES string of the molecule is CCn1c(=O)c(SCC(=O)N2CCN(c3ccc(Cl)cc3)CC2)nc2ccccc21. The van der Waals surface area contributed by atoms with Gasteiger partial charge < -0.3 is 14.4 Å². The smallest absolute Gasteiger partial charge is 0.283 e. The van der Waals surface area contributed by atoms with Crippen molar-refractivity contribution >= 4 is 46.0 Å². The fourth-order valence-corrected chi connectivity index (χ4v) is 4.63. The molecule has 4 rings (SSSR count). The molecule has 8 heteroatoms. The summed E-state index contributed by atoms with van der Waals surface area (Å²) in [6, 6.07) is 15.3. The molecule has 0 spiro atoms. The van der Waals surface area contributed by atoms with Crippen LogP contribution in [0.4, 0.5) is 5.69 Å². The van der Waals surface area contributed by atoms with Gasteiger partial charge in [0, 0.05) is 43.4 Å². The van der Waals surface area contributed by atoms with Crippen LogP contribution in [0.15, 0.2) is 58.4 Å². The van der Waals surface area contributed by atoms with Crippen LogP contribution in [-0.4, -0.2) is 52.3 Å². The first-order valence-corrected chi connectivity index (χ1v) is 11.3. The molecule has 1 saturated heterocycles. The number of thioether (sulfide) groups is 1. The van der Waals surface area contributed by atoms with Gasteiger partial charge in [0.2, 0.25) is 5.91 Å². The zero-order valence-corrected chi connectivity index (χ0v) is 18.3. The number of benzene rings is 2. The highest BCUT2D eigenvalue weighted by Gasteiger charge is 2.22. The van der Waals surface area contributed by atoms with E-state index < -0.39 is 0 Å². The second-order valence-electron chi connectivity index (χ2n) is 7.09. The minimum atomic E-state index is -0.137. The maximum absolute atomic E-state index is 12.8. The number of hydrogen-bond acceptors (Lipinski definition) is 5. The summed E-state index contributed by atoms with van der Waals surface area (Å²) in [5.41, 5.74) is 2.56. The van der Waals surface area contributed by atoms with E-state index >= 15 is 0 Å². The molecule has 0 unspecified atom stereocenters. The van der Waals surface area contributed by atoms with E-state index in [1.807, 2.05) is 60.4 Å². The van der Waals surface area contributed by atoms with Crippen molar-refractivity contribution in [2.45, 2.75) is 18.5 Å². The molecule has 2 aromatic carbocycles. The predicted octanol–water partition coefficient (Wildman–Crippen LogP) is 3.51. The van der Waals surface area contributed by atoms with E-state index in [1.54, 1.807) is 4.57 Å². The van der Waals surface area contributed by atoms with Crippen LogP contribution >= 0.6 is 23.4 Å². The molecule has 1 aliphatic heterocycles. The van der Waals surface area contributed by atoms with Crippen LogP contribution in [0.25, 0.3) is 11.0 Å². The summed E-state index contributed by atoms with van der Waals surface area (Å²) < 4.78 is 1.71. The van der Waals surface area contributed by atoms with Crippen molar-refractivity contribution in [3.63, 3.8) is 0 Å². The molecule has 0 bridgehead atoms. The lowest BCUT2D eigenvalue weighted by Gasteiger charge is -2.36. The van der Waals surface area contributed by atoms with Crippen molar-refractivity contribution in [2.75, 3.05) is 36.8 Å². The first-order chi connectivity index (χ1) is 14.6. The Labute approximate surface area is 184 Å². The van der Waals surface area contributed by atoms with Gasteiger partial charge in [0.05, 0.1) is 16.8 Å². The number of halogens is 1. The summed E-state index contributed by atoms with van der Waals surface area (Å²) in [6.45, 7) is 5.37. The van der Waals surface area contributed by atoms with E-state index in [2.05, 4.69) is 9.88 Å². The van der Waals surface area contributed by atoms with Crippen LogP contribution in [0, 0.1) is 0 Å². The van der Waals surface area contributed by atoms with Crippen molar-refractivity contribution in [3.05, 3.63) is 63.9 Å². The average molecular weight is 443 g/mol. The van der Waals surface area contributed by atoms with Crippen LogP contribution in [0.1, 0.15) is 6.92 Å². The predicted molar refractivity (Wildman–Crippen MR) is 123 cm³/mol. The monoisotopic (exact) mass is 442 g/mol. The largest absolute Gasteiger partial charge is 0.368 e. The Bertz CT molecular complexity index is 1110. The Morgan fingerprint density at radius 2 is 1.77 bits per heavy atom. The summed E-state index contributed by atoms with van der Waals surface area (Å²) in [6.07, 6.45) is 0. The Balaban J connectivity index is 1.39. The van der Waals surface area contributed by atoms with Crippen LogP contribution in [-0.2, 0) is 11.3 Å². The third-order valence-electron chi connectivity index (χ3n) is 5.30. The van der Waals surface area contributed by atoms with E-state index in [0.29, 0.717) is 29.7 Å². The number of carbonyl (C=O) groups is 1. The number of nitrogens with zero attached hydrogens (tertiary/aromatic N) is 4. The maximum atomic E-state index is 12.8. The standard InChI is InChI=1S/C22H23ClN4O2S/c1-2-27-19-6-4-3-5-18(19)24-21(22(27)29)30-15-20(28)26-13-11-25(12-14-26)17-9-7-16(23)8-10-17/h3-10H,2,11-15H2,1H3. The molecule has 0 saturated carbocycles. The first kappa shape index (κ1) is 20.8. The second-order valence-corrected chi connectivity index (χ2v) is 8.49. The Morgan fingerprint density at radius 3 is 2.47 bits per heavy atom. The minimum Gasteiger partial charge on any atom is -0.368 e. The van der Waals surface area contributed by atoms with Gasteiger partial charge in [-0.3, -0.25) is 9.59 Å². The number of carbonyl (C=O) groups excluding carboxylic acids is 1. The highest BCUT2D eigenvalue weighted by atomic mass is 35.5. The third-order valence-corrected chi connectivity index (χ3v) is 6.48. The zero-order valence-electron chi connectivity index (χ0n) is 16.8. The summed E-state index contributed by atoms with van der Waals surface area (Å²) in [5, 5.41) is 1.10. The summed E-state index contributed by atoms with van der Waals surface area (Å²) in [5.74, 6) is 0.249. The summed E-state index contributed by atoms with van der Waals surface area (Å²) in [4.78, 5) is 34.1. The molecule has 3 aromatic rings. The molecule has 0 atom stereocenters. The highest BCUT2D eigenvalue weighted by Crippen LogP contribution is 2.21. The first-order valence-electron chi connectivity index (χ1n) is 9.97. The molecule has 30 heavy (non-hydrogen) atoms. The molecule has 1 aliphatic rings. The lowest BCUT2D eigenvalue weighted by molar-refractivity contribution is -0.128. The van der Waals surface area contributed by atoms with Gasteiger partial charge in [-0.25, -0.2) is 4.98 Å². The summed E-state index contributed by atoms with van der Waals surface area (Å²) in [7, 11) is 0. The van der Waals surface area contributed by atoms with Crippen molar-refractivity contribution in [3.8, 4) is 0 Å². The van der Waals surface area contributed by atoms with E-state index in [9.17, 15) is 9.59 Å². The van der Waals surface area contributed by atoms with Gasteiger partial charge in [-0.05, 0) is 43.3 Å². The van der Waals surface area contributed by atoms with Crippen molar-refractivity contribution in [2.24, 2.45) is 0 Å². The molecule has 156 valence electrons. The Morgan fingerprint density at radius 1 is 1.07 bits per heavy atom. The van der Waals surface area contributed by atoms with Gasteiger partial charge in [-0.1, -0.05) is 35.5 Å². The van der Waals surface area contributed by atoms with Gasteiger partial charge >= 0.3 is 0 Å². The number of aromatic nitrogens is 2. The van der Waals surface area contributed by atoms with Crippen LogP contribution < -0.4 is 10.5 Å². The summed E-state index contributed by atoms with van der Waals surface area (Å²) >= 11 is 7.19. The molecule has 0 radical (unpaired) electrons. The van der Waals surface area contributed by atoms with Crippen molar-refractivity contribution in [1.29, 1.82) is 0 Å². The lowest BCUT2D eigenvalue weighted by atomic mass is 10.2. The van der Waals surface area contributed by atoms with Gasteiger partial charge in [0.15, 0.2) is 5.03 Å². The number of anilines is 1. The molecule has 0 N–H and O–H groups in total. The third kappa shape index (κ3) is 4.32. The molecule has 1 fully saturated rings. The Hall–Kier alpha value is -2.51. The fraction of sp³-hybridized carbons (Fsp3) is 0.318. The quantitative estimate of drug-likeness (QED) is 0.566. The van der Waals surface area contributed by atoms with Gasteiger partial charge in [-0.15, -0.1) is 0 Å². The van der Waals surface area contributed by atoms with Gasteiger partial charge in [-0.2, -0.15) is 0 Å². The topological polar surface area (TPSA) is 58.4 Å². The average Bonchev–Trinajstić information content (AvgIpc) is 2.78. The molecule has 6 nitrogen and oxygen atoms in total. The minimum absolute atomic E-state index is 0.0353. The second kappa shape index (κ2) is 9.10. The van der Waals surface area contributed by atoms with Gasteiger partial charge in [0.1, 0.15) is 0 Å². The molecular weight excluding hydrogens is 420 g/mol. The maximum Gasteiger partial charge on any atom is 0.283 e. The number of fused-ring (bicyclic) bond motifs is 1. The zero-order chi connectivity index (χ0) is 21.1. The van der Waals surface area contributed by atoms with Crippen molar-refractivity contribution in [1.82, 2.24) is 14.5 Å². The number of para-hydroxylation sites is 2. The number of aryl methyl sites for hydroxylation is 1. The normalized spacial score (nSPS) is 14.3. The molecule has 1 amide bonds. The van der Waals surface area contributed by atoms with Crippen LogP contribution in [0.5, 0.6) is 0 Å². The molecule has 0 aliphatic carbocycles. The van der Waals surface area contributed by atoms with E-state index in [4.69, 9.17) is 11.6 Å². The van der Waals surface area contributed by atoms with Crippen LogP contribution in [0.2, 0.25) is 5.02 Å². The highest BCUT2D eigenvalue weighted by molar-refractivity contribution is 7.99.